The molecule has 0 saturated heterocycles. The molecule has 0 amide bonds. The summed E-state index contributed by atoms with van der Waals surface area (Å²) in [5.41, 5.74) is 4.45. The van der Waals surface area contributed by atoms with Crippen molar-refractivity contribution in [3.63, 3.8) is 0 Å². The van der Waals surface area contributed by atoms with Crippen molar-refractivity contribution in [2.45, 2.75) is 13.5 Å². The van der Waals surface area contributed by atoms with Crippen molar-refractivity contribution in [3.8, 4) is 5.75 Å². The Balaban J connectivity index is 1.94. The van der Waals surface area contributed by atoms with Crippen molar-refractivity contribution >= 4 is 46.1 Å². The van der Waals surface area contributed by atoms with E-state index in [4.69, 9.17) is 17.0 Å². The van der Waals surface area contributed by atoms with Gasteiger partial charge < -0.3 is 10.1 Å². The summed E-state index contributed by atoms with van der Waals surface area (Å²) < 4.78 is 19.8. The van der Waals surface area contributed by atoms with Crippen LogP contribution in [0.2, 0.25) is 0 Å². The van der Waals surface area contributed by atoms with E-state index in [2.05, 4.69) is 38.4 Å². The molecule has 0 spiro atoms. The van der Waals surface area contributed by atoms with Gasteiger partial charge in [-0.05, 0) is 83.2 Å². The lowest BCUT2D eigenvalue weighted by atomic mass is 10.2. The van der Waals surface area contributed by atoms with Crippen LogP contribution in [0.25, 0.3) is 0 Å². The van der Waals surface area contributed by atoms with Gasteiger partial charge in [0.1, 0.15) is 18.2 Å². The van der Waals surface area contributed by atoms with Crippen LogP contribution in [0.15, 0.2) is 47.6 Å². The third-order valence-corrected chi connectivity index (χ3v) is 4.03. The van der Waals surface area contributed by atoms with Gasteiger partial charge >= 0.3 is 0 Å². The molecule has 0 aromatic heterocycles. The van der Waals surface area contributed by atoms with Crippen LogP contribution in [0.3, 0.4) is 0 Å². The average Bonchev–Trinajstić information content (AvgIpc) is 2.54. The Morgan fingerprint density at radius 1 is 1.33 bits per heavy atom. The second-order valence-electron chi connectivity index (χ2n) is 4.84. The van der Waals surface area contributed by atoms with Crippen LogP contribution in [0.4, 0.5) is 4.39 Å². The van der Waals surface area contributed by atoms with E-state index in [9.17, 15) is 4.39 Å². The Bertz CT molecular complexity index is 740. The van der Waals surface area contributed by atoms with E-state index in [0.29, 0.717) is 11.7 Å². The summed E-state index contributed by atoms with van der Waals surface area (Å²) in [4.78, 5) is 0. The van der Waals surface area contributed by atoms with Crippen LogP contribution in [0.5, 0.6) is 5.75 Å². The SMILES string of the molecule is CCNC(=S)N/N=C\c1ccc(OCc2cccc(F)c2)c(I)c1. The minimum absolute atomic E-state index is 0.264. The Kier molecular flexibility index (Phi) is 7.38. The third-order valence-electron chi connectivity index (χ3n) is 2.96. The number of ether oxygens (including phenoxy) is 1. The molecule has 0 aliphatic heterocycles. The molecule has 2 N–H and O–H groups in total. The summed E-state index contributed by atoms with van der Waals surface area (Å²) in [6.07, 6.45) is 1.68. The van der Waals surface area contributed by atoms with Gasteiger partial charge in [0.2, 0.25) is 0 Å². The van der Waals surface area contributed by atoms with E-state index in [-0.39, 0.29) is 5.82 Å². The molecule has 0 fully saturated rings. The van der Waals surface area contributed by atoms with Crippen LogP contribution in [-0.2, 0) is 6.61 Å². The van der Waals surface area contributed by atoms with Gasteiger partial charge in [0, 0.05) is 6.54 Å². The van der Waals surface area contributed by atoms with Gasteiger partial charge in [-0.1, -0.05) is 12.1 Å². The molecule has 0 aliphatic rings. The van der Waals surface area contributed by atoms with Gasteiger partial charge in [-0.2, -0.15) is 5.10 Å². The largest absolute Gasteiger partial charge is 0.488 e. The Morgan fingerprint density at radius 3 is 2.88 bits per heavy atom. The first kappa shape index (κ1) is 18.6. The van der Waals surface area contributed by atoms with Crippen LogP contribution < -0.4 is 15.5 Å². The molecule has 4 nitrogen and oxygen atoms in total. The summed E-state index contributed by atoms with van der Waals surface area (Å²) in [6.45, 7) is 3.03. The minimum Gasteiger partial charge on any atom is -0.488 e. The number of nitrogens with one attached hydrogen (secondary N) is 2. The van der Waals surface area contributed by atoms with Crippen molar-refractivity contribution in [2.75, 3.05) is 6.54 Å². The van der Waals surface area contributed by atoms with Gasteiger partial charge in [0.25, 0.3) is 0 Å². The number of hydrogen-bond acceptors (Lipinski definition) is 3. The molecule has 2 aromatic rings. The molecule has 24 heavy (non-hydrogen) atoms. The fourth-order valence-corrected chi connectivity index (χ4v) is 2.76. The molecule has 126 valence electrons. The Labute approximate surface area is 159 Å². The lowest BCUT2D eigenvalue weighted by molar-refractivity contribution is 0.303. The number of hydrazone groups is 1. The predicted molar refractivity (Wildman–Crippen MR) is 107 cm³/mol. The number of hydrogen-bond donors (Lipinski definition) is 2. The van der Waals surface area contributed by atoms with Crippen molar-refractivity contribution in [1.82, 2.24) is 10.7 Å². The van der Waals surface area contributed by atoms with Gasteiger partial charge in [-0.3, -0.25) is 5.43 Å². The summed E-state index contributed by atoms with van der Waals surface area (Å²) in [5.74, 6) is 0.480. The fourth-order valence-electron chi connectivity index (χ4n) is 1.87. The van der Waals surface area contributed by atoms with Crippen LogP contribution in [0, 0.1) is 9.39 Å². The molecule has 0 atom stereocenters. The number of thiocarbonyl (C=S) groups is 1. The second-order valence-corrected chi connectivity index (χ2v) is 6.41. The molecule has 2 aromatic carbocycles. The third kappa shape index (κ3) is 6.04. The van der Waals surface area contributed by atoms with Crippen molar-refractivity contribution in [2.24, 2.45) is 5.10 Å². The molecule has 2 rings (SSSR count). The van der Waals surface area contributed by atoms with Gasteiger partial charge in [0.05, 0.1) is 9.78 Å². The van der Waals surface area contributed by atoms with Gasteiger partial charge in [-0.15, -0.1) is 0 Å². The lowest BCUT2D eigenvalue weighted by Crippen LogP contribution is -2.31. The summed E-state index contributed by atoms with van der Waals surface area (Å²) in [6, 6.07) is 12.1. The van der Waals surface area contributed by atoms with E-state index >= 15 is 0 Å². The van der Waals surface area contributed by atoms with Crippen molar-refractivity contribution < 1.29 is 9.13 Å². The molecule has 0 heterocycles. The summed E-state index contributed by atoms with van der Waals surface area (Å²) in [7, 11) is 0. The maximum absolute atomic E-state index is 13.2. The number of rotatable bonds is 6. The lowest BCUT2D eigenvalue weighted by Gasteiger charge is -2.09. The van der Waals surface area contributed by atoms with Crippen molar-refractivity contribution in [1.29, 1.82) is 0 Å². The van der Waals surface area contributed by atoms with Gasteiger partial charge in [0.15, 0.2) is 5.11 Å². The average molecular weight is 457 g/mol. The van der Waals surface area contributed by atoms with E-state index in [1.165, 1.54) is 12.1 Å². The van der Waals surface area contributed by atoms with Crippen molar-refractivity contribution in [3.05, 3.63) is 63.0 Å². The molecule has 0 unspecified atom stereocenters. The monoisotopic (exact) mass is 457 g/mol. The second kappa shape index (κ2) is 9.53. The highest BCUT2D eigenvalue weighted by atomic mass is 127. The zero-order valence-corrected chi connectivity index (χ0v) is 16.0. The molecular weight excluding hydrogens is 440 g/mol. The fraction of sp³-hybridized carbons (Fsp3) is 0.176. The topological polar surface area (TPSA) is 45.7 Å². The maximum Gasteiger partial charge on any atom is 0.186 e. The highest BCUT2D eigenvalue weighted by molar-refractivity contribution is 14.1. The van der Waals surface area contributed by atoms with Gasteiger partial charge in [-0.25, -0.2) is 4.39 Å². The van der Waals surface area contributed by atoms with Crippen LogP contribution in [-0.4, -0.2) is 17.9 Å². The van der Waals surface area contributed by atoms with E-state index in [1.54, 1.807) is 12.3 Å². The molecule has 0 radical (unpaired) electrons. The molecule has 7 heteroatoms. The van der Waals surface area contributed by atoms with Crippen LogP contribution in [0.1, 0.15) is 18.1 Å². The van der Waals surface area contributed by atoms with E-state index < -0.39 is 0 Å². The minimum atomic E-state index is -0.264. The highest BCUT2D eigenvalue weighted by Crippen LogP contribution is 2.22. The normalized spacial score (nSPS) is 10.6. The number of nitrogens with zero attached hydrogens (tertiary/aromatic N) is 1. The standard InChI is InChI=1S/C17H17FIN3OS/c1-2-20-17(24)22-21-10-12-6-7-16(15(19)9-12)23-11-13-4-3-5-14(18)8-13/h3-10H,2,11H2,1H3,(H2,20,22,24)/b21-10-. The Morgan fingerprint density at radius 2 is 2.17 bits per heavy atom. The molecule has 0 aliphatic carbocycles. The zero-order valence-electron chi connectivity index (χ0n) is 13.1. The molecule has 0 bridgehead atoms. The number of benzene rings is 2. The van der Waals surface area contributed by atoms with Crippen LogP contribution >= 0.6 is 34.8 Å². The zero-order chi connectivity index (χ0) is 17.4. The highest BCUT2D eigenvalue weighted by Gasteiger charge is 2.03. The Hall–Kier alpha value is -1.74. The number of halogens is 2. The first-order chi connectivity index (χ1) is 11.6. The summed E-state index contributed by atoms with van der Waals surface area (Å²) >= 11 is 7.22. The van der Waals surface area contributed by atoms with E-state index in [0.717, 1.165) is 27.0 Å². The first-order valence-electron chi connectivity index (χ1n) is 7.32. The maximum atomic E-state index is 13.2. The quantitative estimate of drug-likeness (QED) is 0.300. The molecule has 0 saturated carbocycles. The first-order valence-corrected chi connectivity index (χ1v) is 8.81. The van der Waals surface area contributed by atoms with E-state index in [1.807, 2.05) is 31.2 Å². The predicted octanol–water partition coefficient (Wildman–Crippen LogP) is 3.83. The molecular formula is C17H17FIN3OS. The summed E-state index contributed by atoms with van der Waals surface area (Å²) in [5, 5.41) is 7.50. The smallest absolute Gasteiger partial charge is 0.186 e.